The maximum absolute atomic E-state index is 11.7. The number of nitrogens with one attached hydrogen (secondary N) is 3. The zero-order valence-corrected chi connectivity index (χ0v) is 11.4. The zero-order chi connectivity index (χ0) is 13.1. The molecule has 7 heteroatoms. The van der Waals surface area contributed by atoms with Crippen LogP contribution in [0.5, 0.6) is 0 Å². The molecule has 100 valence electrons. The molecule has 1 aliphatic heterocycles. The Kier molecular flexibility index (Phi) is 4.51. The van der Waals surface area contributed by atoms with Gasteiger partial charge in [-0.25, -0.2) is 13.1 Å². The second-order valence-electron chi connectivity index (χ2n) is 5.17. The number of sulfonamides is 1. The second kappa shape index (κ2) is 5.32. The largest absolute Gasteiger partial charge is 0.354 e. The minimum atomic E-state index is -3.26. The second-order valence-corrected chi connectivity index (χ2v) is 6.91. The van der Waals surface area contributed by atoms with Crippen LogP contribution < -0.4 is 15.4 Å². The summed E-state index contributed by atoms with van der Waals surface area (Å²) in [5.74, 6) is -0.0117. The monoisotopic (exact) mass is 263 g/mol. The highest BCUT2D eigenvalue weighted by atomic mass is 32.2. The molecule has 0 aliphatic carbocycles. The molecule has 1 saturated heterocycles. The van der Waals surface area contributed by atoms with Crippen molar-refractivity contribution in [2.24, 2.45) is 5.92 Å². The molecule has 0 bridgehead atoms. The highest BCUT2D eigenvalue weighted by Gasteiger charge is 2.26. The van der Waals surface area contributed by atoms with Crippen LogP contribution in [0.4, 0.5) is 0 Å². The first-order chi connectivity index (χ1) is 7.70. The molecule has 1 aliphatic rings. The van der Waals surface area contributed by atoms with Crippen molar-refractivity contribution in [1.82, 2.24) is 15.4 Å². The number of amides is 1. The third-order valence-electron chi connectivity index (χ3n) is 2.60. The van der Waals surface area contributed by atoms with Crippen LogP contribution >= 0.6 is 0 Å². The molecule has 1 amide bonds. The molecule has 0 spiro atoms. The maximum Gasteiger partial charge on any atom is 0.224 e. The van der Waals surface area contributed by atoms with Crippen molar-refractivity contribution in [2.75, 3.05) is 25.9 Å². The van der Waals surface area contributed by atoms with Crippen molar-refractivity contribution in [1.29, 1.82) is 0 Å². The fraction of sp³-hybridized carbons (Fsp3) is 0.900. The summed E-state index contributed by atoms with van der Waals surface area (Å²) in [6.07, 6.45) is 1.95. The van der Waals surface area contributed by atoms with E-state index in [0.29, 0.717) is 6.54 Å². The minimum absolute atomic E-state index is 0.00373. The molecule has 3 N–H and O–H groups in total. The number of carbonyl (C=O) groups is 1. The van der Waals surface area contributed by atoms with E-state index in [2.05, 4.69) is 15.4 Å². The number of hydrogen-bond donors (Lipinski definition) is 3. The number of rotatable bonds is 5. The summed E-state index contributed by atoms with van der Waals surface area (Å²) in [6, 6.07) is 0. The van der Waals surface area contributed by atoms with Crippen LogP contribution in [0.2, 0.25) is 0 Å². The van der Waals surface area contributed by atoms with Crippen LogP contribution in [0.3, 0.4) is 0 Å². The Morgan fingerprint density at radius 2 is 2.12 bits per heavy atom. The Hall–Kier alpha value is -0.660. The summed E-state index contributed by atoms with van der Waals surface area (Å²) in [6.45, 7) is 5.33. The Morgan fingerprint density at radius 3 is 2.59 bits per heavy atom. The minimum Gasteiger partial charge on any atom is -0.354 e. The van der Waals surface area contributed by atoms with E-state index in [0.717, 1.165) is 19.2 Å². The Balaban J connectivity index is 2.40. The summed E-state index contributed by atoms with van der Waals surface area (Å²) >= 11 is 0. The summed E-state index contributed by atoms with van der Waals surface area (Å²) < 4.78 is 24.7. The fourth-order valence-electron chi connectivity index (χ4n) is 1.87. The standard InChI is InChI=1S/C10H21N3O3S/c1-10(2,13-17(3,15)16)7-12-9(14)8-4-5-11-6-8/h8,11,13H,4-7H2,1-3H3,(H,12,14). The number of carbonyl (C=O) groups excluding carboxylic acids is 1. The summed E-state index contributed by atoms with van der Waals surface area (Å²) in [5, 5.41) is 5.90. The van der Waals surface area contributed by atoms with Crippen molar-refractivity contribution in [3.8, 4) is 0 Å². The van der Waals surface area contributed by atoms with Crippen molar-refractivity contribution in [3.63, 3.8) is 0 Å². The highest BCUT2D eigenvalue weighted by Crippen LogP contribution is 2.08. The molecule has 0 aromatic rings. The van der Waals surface area contributed by atoms with Crippen LogP contribution in [-0.4, -0.2) is 45.8 Å². The lowest BCUT2D eigenvalue weighted by atomic mass is 10.1. The van der Waals surface area contributed by atoms with Gasteiger partial charge < -0.3 is 10.6 Å². The van der Waals surface area contributed by atoms with Gasteiger partial charge in [0.05, 0.1) is 12.2 Å². The van der Waals surface area contributed by atoms with Crippen molar-refractivity contribution in [2.45, 2.75) is 25.8 Å². The smallest absolute Gasteiger partial charge is 0.224 e. The predicted octanol–water partition coefficient (Wildman–Crippen LogP) is -0.960. The van der Waals surface area contributed by atoms with E-state index in [1.165, 1.54) is 0 Å². The molecule has 1 fully saturated rings. The van der Waals surface area contributed by atoms with Crippen LogP contribution in [-0.2, 0) is 14.8 Å². The van der Waals surface area contributed by atoms with Crippen molar-refractivity contribution in [3.05, 3.63) is 0 Å². The van der Waals surface area contributed by atoms with Gasteiger partial charge in [0, 0.05) is 18.6 Å². The highest BCUT2D eigenvalue weighted by molar-refractivity contribution is 7.88. The SMILES string of the molecule is CC(C)(CNC(=O)C1CCNC1)NS(C)(=O)=O. The van der Waals surface area contributed by atoms with Crippen molar-refractivity contribution < 1.29 is 13.2 Å². The van der Waals surface area contributed by atoms with Gasteiger partial charge in [-0.15, -0.1) is 0 Å². The van der Waals surface area contributed by atoms with E-state index in [-0.39, 0.29) is 18.4 Å². The zero-order valence-electron chi connectivity index (χ0n) is 10.5. The van der Waals surface area contributed by atoms with Gasteiger partial charge in [0.1, 0.15) is 0 Å². The topological polar surface area (TPSA) is 87.3 Å². The van der Waals surface area contributed by atoms with E-state index in [9.17, 15) is 13.2 Å². The van der Waals surface area contributed by atoms with E-state index in [1.807, 2.05) is 0 Å². The molecule has 6 nitrogen and oxygen atoms in total. The predicted molar refractivity (Wildman–Crippen MR) is 66.0 cm³/mol. The number of hydrogen-bond acceptors (Lipinski definition) is 4. The summed E-state index contributed by atoms with van der Waals surface area (Å²) in [4.78, 5) is 11.7. The van der Waals surface area contributed by atoms with Gasteiger partial charge in [0.2, 0.25) is 15.9 Å². The van der Waals surface area contributed by atoms with Gasteiger partial charge in [0.15, 0.2) is 0 Å². The quantitative estimate of drug-likeness (QED) is 0.596. The average Bonchev–Trinajstić information content (AvgIpc) is 2.63. The Morgan fingerprint density at radius 1 is 1.47 bits per heavy atom. The molecular weight excluding hydrogens is 242 g/mol. The summed E-state index contributed by atoms with van der Waals surface area (Å²) in [5.41, 5.74) is -0.671. The molecule has 17 heavy (non-hydrogen) atoms. The average molecular weight is 263 g/mol. The molecule has 1 unspecified atom stereocenters. The fourth-order valence-corrected chi connectivity index (χ4v) is 2.94. The molecule has 1 rings (SSSR count). The summed E-state index contributed by atoms with van der Waals surface area (Å²) in [7, 11) is -3.26. The van der Waals surface area contributed by atoms with Gasteiger partial charge in [-0.2, -0.15) is 0 Å². The first-order valence-electron chi connectivity index (χ1n) is 5.67. The molecular formula is C10H21N3O3S. The van der Waals surface area contributed by atoms with Crippen LogP contribution in [0.25, 0.3) is 0 Å². The Labute approximate surface area is 103 Å². The van der Waals surface area contributed by atoms with E-state index < -0.39 is 15.6 Å². The molecule has 1 heterocycles. The lowest BCUT2D eigenvalue weighted by molar-refractivity contribution is -0.124. The van der Waals surface area contributed by atoms with Crippen LogP contribution in [0, 0.1) is 5.92 Å². The van der Waals surface area contributed by atoms with Gasteiger partial charge in [-0.05, 0) is 26.8 Å². The van der Waals surface area contributed by atoms with Crippen LogP contribution in [0.15, 0.2) is 0 Å². The van der Waals surface area contributed by atoms with Gasteiger partial charge in [0.25, 0.3) is 0 Å². The van der Waals surface area contributed by atoms with E-state index in [4.69, 9.17) is 0 Å². The third-order valence-corrected chi connectivity index (χ3v) is 3.52. The lowest BCUT2D eigenvalue weighted by Crippen LogP contribution is -2.51. The van der Waals surface area contributed by atoms with Gasteiger partial charge in [-0.1, -0.05) is 0 Å². The maximum atomic E-state index is 11.7. The Bertz CT molecular complexity index is 372. The van der Waals surface area contributed by atoms with E-state index in [1.54, 1.807) is 13.8 Å². The van der Waals surface area contributed by atoms with E-state index >= 15 is 0 Å². The molecule has 1 atom stereocenters. The molecule has 0 aromatic heterocycles. The third kappa shape index (κ3) is 5.47. The van der Waals surface area contributed by atoms with Crippen molar-refractivity contribution >= 4 is 15.9 Å². The van der Waals surface area contributed by atoms with Gasteiger partial charge in [-0.3, -0.25) is 4.79 Å². The normalized spacial score (nSPS) is 21.5. The first kappa shape index (κ1) is 14.4. The first-order valence-corrected chi connectivity index (χ1v) is 7.56. The molecule has 0 saturated carbocycles. The van der Waals surface area contributed by atoms with Gasteiger partial charge >= 0.3 is 0 Å². The van der Waals surface area contributed by atoms with Crippen LogP contribution in [0.1, 0.15) is 20.3 Å². The molecule has 0 aromatic carbocycles. The molecule has 0 radical (unpaired) electrons. The lowest BCUT2D eigenvalue weighted by Gasteiger charge is -2.26.